The second-order valence-corrected chi connectivity index (χ2v) is 7.76. The lowest BCUT2D eigenvalue weighted by Gasteiger charge is -2.27. The highest BCUT2D eigenvalue weighted by atomic mass is 16.3. The fraction of sp³-hybridized carbons (Fsp3) is 0.381. The first kappa shape index (κ1) is 18.8. The largest absolute Gasteiger partial charge is 0.387 e. The van der Waals surface area contributed by atoms with Crippen LogP contribution in [0.25, 0.3) is 10.9 Å². The van der Waals surface area contributed by atoms with Crippen LogP contribution in [0.15, 0.2) is 30.6 Å². The third kappa shape index (κ3) is 3.69. The maximum absolute atomic E-state index is 12.0. The maximum Gasteiger partial charge on any atom is 0.241 e. The van der Waals surface area contributed by atoms with Gasteiger partial charge in [0.05, 0.1) is 41.4 Å². The van der Waals surface area contributed by atoms with E-state index in [1.807, 2.05) is 18.2 Å². The predicted molar refractivity (Wildman–Crippen MR) is 113 cm³/mol. The highest BCUT2D eigenvalue weighted by Crippen LogP contribution is 2.42. The summed E-state index contributed by atoms with van der Waals surface area (Å²) in [4.78, 5) is 31.9. The molecule has 3 N–H and O–H groups in total. The van der Waals surface area contributed by atoms with E-state index in [-0.39, 0.29) is 5.91 Å². The quantitative estimate of drug-likeness (QED) is 0.590. The average Bonchev–Trinajstić information content (AvgIpc) is 3.59. The van der Waals surface area contributed by atoms with Crippen molar-refractivity contribution in [3.63, 3.8) is 0 Å². The fourth-order valence-electron chi connectivity index (χ4n) is 3.61. The molecule has 9 nitrogen and oxygen atoms in total. The molecule has 9 heteroatoms. The van der Waals surface area contributed by atoms with Crippen LogP contribution >= 0.6 is 0 Å². The fourth-order valence-corrected chi connectivity index (χ4v) is 3.61. The molecule has 1 aliphatic carbocycles. The number of aromatic nitrogens is 4. The number of carbonyl (C=O) groups excluding carboxylic acids is 1. The van der Waals surface area contributed by atoms with Crippen molar-refractivity contribution in [2.75, 3.05) is 29.9 Å². The number of pyridine rings is 2. The van der Waals surface area contributed by atoms with Gasteiger partial charge in [0.2, 0.25) is 11.9 Å². The zero-order chi connectivity index (χ0) is 20.7. The summed E-state index contributed by atoms with van der Waals surface area (Å²) >= 11 is 0. The Morgan fingerprint density at radius 3 is 2.80 bits per heavy atom. The molecule has 1 atom stereocenters. The van der Waals surface area contributed by atoms with Crippen molar-refractivity contribution in [3.05, 3.63) is 42.0 Å². The Bertz CT molecular complexity index is 1100. The highest BCUT2D eigenvalue weighted by molar-refractivity contribution is 5.95. The van der Waals surface area contributed by atoms with Gasteiger partial charge in [-0.05, 0) is 38.0 Å². The molecule has 2 fully saturated rings. The average molecular weight is 405 g/mol. The number of rotatable bonds is 5. The van der Waals surface area contributed by atoms with E-state index in [2.05, 4.69) is 30.6 Å². The van der Waals surface area contributed by atoms with Crippen molar-refractivity contribution in [1.29, 1.82) is 0 Å². The summed E-state index contributed by atoms with van der Waals surface area (Å²) in [6.07, 6.45) is 4.98. The number of carbonyl (C=O) groups is 1. The summed E-state index contributed by atoms with van der Waals surface area (Å²) in [6, 6.07) is 5.52. The van der Waals surface area contributed by atoms with Crippen molar-refractivity contribution in [2.24, 2.45) is 0 Å². The van der Waals surface area contributed by atoms with Gasteiger partial charge in [-0.1, -0.05) is 0 Å². The van der Waals surface area contributed by atoms with Crippen molar-refractivity contribution in [1.82, 2.24) is 25.3 Å². The molecular weight excluding hydrogens is 382 g/mol. The van der Waals surface area contributed by atoms with Crippen LogP contribution in [-0.4, -0.2) is 50.6 Å². The number of anilines is 3. The lowest BCUT2D eigenvalue weighted by molar-refractivity contribution is -0.118. The SMILES string of the molecule is CC(O)c1cc2cnc(Nc3ccc(N4CCNCC4=O)cn3)nc2c(C2CC2)n1. The van der Waals surface area contributed by atoms with Crippen LogP contribution < -0.4 is 15.5 Å². The summed E-state index contributed by atoms with van der Waals surface area (Å²) in [5, 5.41) is 17.0. The van der Waals surface area contributed by atoms with Gasteiger partial charge in [-0.3, -0.25) is 9.78 Å². The van der Waals surface area contributed by atoms with Crippen molar-refractivity contribution in [3.8, 4) is 0 Å². The molecule has 3 aromatic rings. The monoisotopic (exact) mass is 405 g/mol. The van der Waals surface area contributed by atoms with Gasteiger partial charge in [-0.15, -0.1) is 0 Å². The van der Waals surface area contributed by atoms with E-state index in [4.69, 9.17) is 0 Å². The third-order valence-corrected chi connectivity index (χ3v) is 5.39. The molecule has 0 aromatic carbocycles. The Kier molecular flexibility index (Phi) is 4.76. The molecule has 0 bridgehead atoms. The van der Waals surface area contributed by atoms with Crippen LogP contribution in [0.5, 0.6) is 0 Å². The van der Waals surface area contributed by atoms with Crippen LogP contribution in [0.1, 0.15) is 43.2 Å². The molecule has 4 heterocycles. The molecule has 154 valence electrons. The lowest BCUT2D eigenvalue weighted by atomic mass is 10.1. The number of aliphatic hydroxyl groups excluding tert-OH is 1. The van der Waals surface area contributed by atoms with Gasteiger partial charge in [0.1, 0.15) is 5.82 Å². The highest BCUT2D eigenvalue weighted by Gasteiger charge is 2.29. The predicted octanol–water partition coefficient (Wildman–Crippen LogP) is 2.03. The second kappa shape index (κ2) is 7.58. The molecule has 30 heavy (non-hydrogen) atoms. The van der Waals surface area contributed by atoms with E-state index in [9.17, 15) is 9.90 Å². The van der Waals surface area contributed by atoms with E-state index < -0.39 is 6.10 Å². The smallest absolute Gasteiger partial charge is 0.241 e. The van der Waals surface area contributed by atoms with Gasteiger partial charge in [0.15, 0.2) is 0 Å². The summed E-state index contributed by atoms with van der Waals surface area (Å²) in [5.41, 5.74) is 3.16. The van der Waals surface area contributed by atoms with Crippen LogP contribution in [-0.2, 0) is 4.79 Å². The van der Waals surface area contributed by atoms with E-state index in [0.717, 1.165) is 41.7 Å². The summed E-state index contributed by atoms with van der Waals surface area (Å²) in [6.45, 7) is 3.46. The maximum atomic E-state index is 12.0. The topological polar surface area (TPSA) is 116 Å². The van der Waals surface area contributed by atoms with E-state index in [1.165, 1.54) is 0 Å². The van der Waals surface area contributed by atoms with E-state index >= 15 is 0 Å². The molecular formula is C21H23N7O2. The molecule has 1 saturated carbocycles. The Morgan fingerprint density at radius 1 is 1.23 bits per heavy atom. The molecule has 5 rings (SSSR count). The number of nitrogens with one attached hydrogen (secondary N) is 2. The molecule has 0 spiro atoms. The number of hydrogen-bond acceptors (Lipinski definition) is 8. The van der Waals surface area contributed by atoms with Gasteiger partial charge in [0.25, 0.3) is 0 Å². The number of aliphatic hydroxyl groups is 1. The Labute approximate surface area is 173 Å². The third-order valence-electron chi connectivity index (χ3n) is 5.39. The summed E-state index contributed by atoms with van der Waals surface area (Å²) < 4.78 is 0. The number of nitrogens with zero attached hydrogens (tertiary/aromatic N) is 5. The van der Waals surface area contributed by atoms with Crippen molar-refractivity contribution >= 4 is 34.3 Å². The Balaban J connectivity index is 1.41. The number of fused-ring (bicyclic) bond motifs is 1. The standard InChI is InChI=1S/C21H23N7O2/c1-12(29)16-8-14-9-24-21(27-20(14)19(25-16)13-2-3-13)26-17-5-4-15(10-23-17)28-7-6-22-11-18(28)30/h4-5,8-10,12-13,22,29H,2-3,6-7,11H2,1H3,(H,23,24,26,27). The van der Waals surface area contributed by atoms with Gasteiger partial charge in [-0.2, -0.15) is 0 Å². The van der Waals surface area contributed by atoms with Crippen molar-refractivity contribution < 1.29 is 9.90 Å². The first-order chi connectivity index (χ1) is 14.6. The van der Waals surface area contributed by atoms with Crippen molar-refractivity contribution in [2.45, 2.75) is 31.8 Å². The van der Waals surface area contributed by atoms with E-state index in [0.29, 0.717) is 36.5 Å². The van der Waals surface area contributed by atoms with Crippen LogP contribution in [0.2, 0.25) is 0 Å². The van der Waals surface area contributed by atoms with Crippen LogP contribution in [0.4, 0.5) is 17.5 Å². The zero-order valence-electron chi connectivity index (χ0n) is 16.7. The Hall–Kier alpha value is -3.17. The minimum atomic E-state index is -0.630. The van der Waals surface area contributed by atoms with Gasteiger partial charge in [0, 0.05) is 30.6 Å². The summed E-state index contributed by atoms with van der Waals surface area (Å²) in [5.74, 6) is 1.47. The Morgan fingerprint density at radius 2 is 2.10 bits per heavy atom. The molecule has 3 aromatic heterocycles. The second-order valence-electron chi connectivity index (χ2n) is 7.76. The van der Waals surface area contributed by atoms with E-state index in [1.54, 1.807) is 24.2 Å². The molecule has 0 radical (unpaired) electrons. The first-order valence-electron chi connectivity index (χ1n) is 10.2. The van der Waals surface area contributed by atoms with Crippen LogP contribution in [0.3, 0.4) is 0 Å². The first-order valence-corrected chi connectivity index (χ1v) is 10.2. The summed E-state index contributed by atoms with van der Waals surface area (Å²) in [7, 11) is 0. The number of hydrogen-bond donors (Lipinski definition) is 3. The molecule has 1 unspecified atom stereocenters. The molecule has 1 aliphatic heterocycles. The van der Waals surface area contributed by atoms with Crippen LogP contribution in [0, 0.1) is 0 Å². The van der Waals surface area contributed by atoms with Gasteiger partial charge in [-0.25, -0.2) is 15.0 Å². The number of piperazine rings is 1. The van der Waals surface area contributed by atoms with Gasteiger partial charge < -0.3 is 20.6 Å². The molecule has 1 saturated heterocycles. The molecule has 1 amide bonds. The van der Waals surface area contributed by atoms with Gasteiger partial charge >= 0.3 is 0 Å². The zero-order valence-corrected chi connectivity index (χ0v) is 16.7. The normalized spacial score (nSPS) is 17.9. The number of amides is 1. The molecule has 2 aliphatic rings. The minimum Gasteiger partial charge on any atom is -0.387 e. The minimum absolute atomic E-state index is 0.0401. The lowest BCUT2D eigenvalue weighted by Crippen LogP contribution is -2.48.